The molecule has 5 rings (SSSR count). The lowest BCUT2D eigenvalue weighted by atomic mass is 10.1. The molecule has 1 aliphatic carbocycles. The molecule has 196 valence electrons. The van der Waals surface area contributed by atoms with E-state index in [0.717, 1.165) is 29.0 Å². The van der Waals surface area contributed by atoms with Crippen molar-refractivity contribution in [2.24, 2.45) is 0 Å². The van der Waals surface area contributed by atoms with Gasteiger partial charge in [0.2, 0.25) is 0 Å². The Morgan fingerprint density at radius 1 is 1.03 bits per heavy atom. The van der Waals surface area contributed by atoms with Gasteiger partial charge in [0.05, 0.1) is 12.8 Å². The number of hydrogen-bond donors (Lipinski definition) is 2. The summed E-state index contributed by atoms with van der Waals surface area (Å²) in [5, 5.41) is 11.7. The lowest BCUT2D eigenvalue weighted by molar-refractivity contribution is -0.274. The molecule has 4 aromatic rings. The standard InChI is InChI=1S/C27H24F3N5O2S/c1-16-13-21(36-2)11-12-23(16)32-26(38)33-24-14-22(24)17-3-5-18(6-4-17)25-31-15-35(34-25)19-7-9-20(10-8-19)37-27(28,29)30/h3-13,15,22,24H,14H2,1-2H3,(H2,32,33,38). The first-order valence-electron chi connectivity index (χ1n) is 11.8. The van der Waals surface area contributed by atoms with E-state index < -0.39 is 6.36 Å². The molecule has 0 spiro atoms. The number of benzene rings is 3. The highest BCUT2D eigenvalue weighted by atomic mass is 32.1. The molecule has 2 N–H and O–H groups in total. The van der Waals surface area contributed by atoms with Crippen LogP contribution in [0.15, 0.2) is 73.1 Å². The number of nitrogens with zero attached hydrogens (tertiary/aromatic N) is 3. The minimum absolute atomic E-state index is 0.251. The Bertz CT molecular complexity index is 1440. The van der Waals surface area contributed by atoms with Crippen LogP contribution in [0.5, 0.6) is 11.5 Å². The highest BCUT2D eigenvalue weighted by Crippen LogP contribution is 2.41. The Morgan fingerprint density at radius 2 is 1.74 bits per heavy atom. The number of aromatic nitrogens is 3. The molecule has 0 amide bonds. The smallest absolute Gasteiger partial charge is 0.497 e. The maximum absolute atomic E-state index is 12.4. The largest absolute Gasteiger partial charge is 0.573 e. The number of halogens is 3. The van der Waals surface area contributed by atoms with Crippen LogP contribution in [0.2, 0.25) is 0 Å². The highest BCUT2D eigenvalue weighted by molar-refractivity contribution is 7.80. The van der Waals surface area contributed by atoms with Crippen LogP contribution in [-0.4, -0.2) is 39.4 Å². The third-order valence-electron chi connectivity index (χ3n) is 6.21. The van der Waals surface area contributed by atoms with Gasteiger partial charge in [0.25, 0.3) is 0 Å². The first-order chi connectivity index (χ1) is 18.2. The van der Waals surface area contributed by atoms with Gasteiger partial charge in [0, 0.05) is 23.2 Å². The van der Waals surface area contributed by atoms with E-state index in [9.17, 15) is 13.2 Å². The molecular formula is C27H24F3N5O2S. The van der Waals surface area contributed by atoms with Crippen molar-refractivity contribution in [2.75, 3.05) is 12.4 Å². The number of aryl methyl sites for hydroxylation is 1. The van der Waals surface area contributed by atoms with E-state index in [1.165, 1.54) is 40.8 Å². The molecule has 38 heavy (non-hydrogen) atoms. The number of rotatable bonds is 7. The summed E-state index contributed by atoms with van der Waals surface area (Å²) in [6.45, 7) is 2.00. The molecule has 1 saturated carbocycles. The topological polar surface area (TPSA) is 73.2 Å². The number of ether oxygens (including phenoxy) is 2. The van der Waals surface area contributed by atoms with Crippen LogP contribution in [0, 0.1) is 6.92 Å². The molecular weight excluding hydrogens is 515 g/mol. The first-order valence-corrected chi connectivity index (χ1v) is 12.2. The Balaban J connectivity index is 1.17. The molecule has 1 heterocycles. The lowest BCUT2D eigenvalue weighted by Crippen LogP contribution is -2.31. The van der Waals surface area contributed by atoms with E-state index in [1.807, 2.05) is 37.3 Å². The van der Waals surface area contributed by atoms with E-state index in [4.69, 9.17) is 17.0 Å². The van der Waals surface area contributed by atoms with Crippen molar-refractivity contribution in [3.05, 3.63) is 84.2 Å². The SMILES string of the molecule is COc1ccc(NC(=S)NC2CC2c2ccc(-c3ncn(-c4ccc(OC(F)(F)F)cc4)n3)cc2)c(C)c1. The average molecular weight is 540 g/mol. The minimum atomic E-state index is -4.73. The van der Waals surface area contributed by atoms with Crippen LogP contribution < -0.4 is 20.1 Å². The second kappa shape index (κ2) is 10.3. The van der Waals surface area contributed by atoms with Crippen molar-refractivity contribution in [3.8, 4) is 28.6 Å². The fourth-order valence-electron chi connectivity index (χ4n) is 4.15. The molecule has 0 radical (unpaired) electrons. The second-order valence-corrected chi connectivity index (χ2v) is 9.31. The Hall–Kier alpha value is -4.12. The molecule has 0 saturated heterocycles. The van der Waals surface area contributed by atoms with Gasteiger partial charge >= 0.3 is 6.36 Å². The second-order valence-electron chi connectivity index (χ2n) is 8.90. The van der Waals surface area contributed by atoms with Crippen LogP contribution in [0.4, 0.5) is 18.9 Å². The van der Waals surface area contributed by atoms with Gasteiger partial charge in [-0.2, -0.15) is 0 Å². The number of alkyl halides is 3. The van der Waals surface area contributed by atoms with Crippen molar-refractivity contribution < 1.29 is 22.6 Å². The summed E-state index contributed by atoms with van der Waals surface area (Å²) in [7, 11) is 1.64. The van der Waals surface area contributed by atoms with E-state index in [0.29, 0.717) is 22.5 Å². The van der Waals surface area contributed by atoms with Crippen molar-refractivity contribution in [1.82, 2.24) is 20.1 Å². The van der Waals surface area contributed by atoms with E-state index >= 15 is 0 Å². The van der Waals surface area contributed by atoms with Crippen LogP contribution in [-0.2, 0) is 0 Å². The van der Waals surface area contributed by atoms with E-state index in [2.05, 4.69) is 37.6 Å². The number of anilines is 1. The number of methoxy groups -OCH3 is 1. The molecule has 7 nitrogen and oxygen atoms in total. The average Bonchev–Trinajstić information content (AvgIpc) is 3.46. The van der Waals surface area contributed by atoms with Crippen molar-refractivity contribution >= 4 is 23.0 Å². The highest BCUT2D eigenvalue weighted by Gasteiger charge is 2.39. The Morgan fingerprint density at radius 3 is 2.39 bits per heavy atom. The fourth-order valence-corrected chi connectivity index (χ4v) is 4.41. The predicted molar refractivity (Wildman–Crippen MR) is 142 cm³/mol. The zero-order chi connectivity index (χ0) is 26.9. The number of thiocarbonyl (C=S) groups is 1. The molecule has 2 unspecified atom stereocenters. The molecule has 0 aliphatic heterocycles. The summed E-state index contributed by atoms with van der Waals surface area (Å²) in [5.41, 5.74) is 4.56. The van der Waals surface area contributed by atoms with E-state index in [1.54, 1.807) is 7.11 Å². The zero-order valence-corrected chi connectivity index (χ0v) is 21.3. The van der Waals surface area contributed by atoms with E-state index in [-0.39, 0.29) is 11.8 Å². The summed E-state index contributed by atoms with van der Waals surface area (Å²) < 4.78 is 47.7. The number of nitrogens with one attached hydrogen (secondary N) is 2. The first kappa shape index (κ1) is 25.5. The van der Waals surface area contributed by atoms with Gasteiger partial charge in [-0.05, 0) is 79.2 Å². The van der Waals surface area contributed by atoms with Crippen LogP contribution in [0.1, 0.15) is 23.5 Å². The fraction of sp³-hybridized carbons (Fsp3) is 0.222. The molecule has 3 aromatic carbocycles. The lowest BCUT2D eigenvalue weighted by Gasteiger charge is -2.13. The summed E-state index contributed by atoms with van der Waals surface area (Å²) in [6, 6.07) is 19.5. The molecule has 1 aliphatic rings. The van der Waals surface area contributed by atoms with Crippen LogP contribution in [0.3, 0.4) is 0 Å². The third-order valence-corrected chi connectivity index (χ3v) is 6.43. The Kier molecular flexibility index (Phi) is 6.94. The van der Waals surface area contributed by atoms with Gasteiger partial charge in [0.15, 0.2) is 10.9 Å². The Labute approximate surface area is 222 Å². The maximum Gasteiger partial charge on any atom is 0.573 e. The zero-order valence-electron chi connectivity index (χ0n) is 20.5. The molecule has 1 aromatic heterocycles. The quantitative estimate of drug-likeness (QED) is 0.280. The summed E-state index contributed by atoms with van der Waals surface area (Å²) >= 11 is 5.50. The molecule has 0 bridgehead atoms. The van der Waals surface area contributed by atoms with Crippen molar-refractivity contribution in [1.29, 1.82) is 0 Å². The minimum Gasteiger partial charge on any atom is -0.497 e. The maximum atomic E-state index is 12.4. The monoisotopic (exact) mass is 539 g/mol. The van der Waals surface area contributed by atoms with Gasteiger partial charge < -0.3 is 20.1 Å². The molecule has 1 fully saturated rings. The van der Waals surface area contributed by atoms with Gasteiger partial charge in [-0.25, -0.2) is 9.67 Å². The summed E-state index contributed by atoms with van der Waals surface area (Å²) in [6.07, 6.45) is -2.24. The van der Waals surface area contributed by atoms with Crippen LogP contribution in [0.25, 0.3) is 17.1 Å². The predicted octanol–water partition coefficient (Wildman–Crippen LogP) is 5.99. The van der Waals surface area contributed by atoms with Gasteiger partial charge in [-0.15, -0.1) is 18.3 Å². The number of hydrogen-bond acceptors (Lipinski definition) is 5. The molecule has 11 heteroatoms. The normalized spacial score (nSPS) is 16.6. The molecule has 2 atom stereocenters. The van der Waals surface area contributed by atoms with Gasteiger partial charge in [-0.3, -0.25) is 0 Å². The van der Waals surface area contributed by atoms with Crippen molar-refractivity contribution in [2.45, 2.75) is 31.7 Å². The van der Waals surface area contributed by atoms with Crippen molar-refractivity contribution in [3.63, 3.8) is 0 Å². The van der Waals surface area contributed by atoms with Crippen LogP contribution >= 0.6 is 12.2 Å². The summed E-state index contributed by atoms with van der Waals surface area (Å²) in [4.78, 5) is 4.34. The summed E-state index contributed by atoms with van der Waals surface area (Å²) in [5.74, 6) is 1.37. The third kappa shape index (κ3) is 6.05. The van der Waals surface area contributed by atoms with Gasteiger partial charge in [-0.1, -0.05) is 24.3 Å². The van der Waals surface area contributed by atoms with Gasteiger partial charge in [0.1, 0.15) is 17.8 Å².